The number of aliphatic imine (C=N–C) groups is 1. The molecule has 0 aliphatic carbocycles. The third-order valence-electron chi connectivity index (χ3n) is 4.00. The largest absolute Gasteiger partial charge is 0.467 e. The summed E-state index contributed by atoms with van der Waals surface area (Å²) in [7, 11) is 0. The molecule has 26 heavy (non-hydrogen) atoms. The van der Waals surface area contributed by atoms with Gasteiger partial charge in [-0.15, -0.1) is 24.0 Å². The molecule has 2 rings (SSSR count). The lowest BCUT2D eigenvalue weighted by molar-refractivity contribution is 0.0963. The second kappa shape index (κ2) is 12.0. The highest BCUT2D eigenvalue weighted by Crippen LogP contribution is 2.14. The summed E-state index contributed by atoms with van der Waals surface area (Å²) >= 11 is 0. The Kier molecular flexibility index (Phi) is 10.4. The smallest absolute Gasteiger partial charge is 0.409 e. The molecule has 1 amide bonds. The van der Waals surface area contributed by atoms with Crippen LogP contribution in [0.15, 0.2) is 27.8 Å². The summed E-state index contributed by atoms with van der Waals surface area (Å²) in [5.41, 5.74) is 0. The van der Waals surface area contributed by atoms with Gasteiger partial charge in [-0.3, -0.25) is 4.99 Å². The van der Waals surface area contributed by atoms with Crippen molar-refractivity contribution in [2.24, 2.45) is 4.99 Å². The average molecular weight is 480 g/mol. The first-order valence-electron chi connectivity index (χ1n) is 8.82. The maximum absolute atomic E-state index is 11.7. The predicted molar refractivity (Wildman–Crippen MR) is 110 cm³/mol. The summed E-state index contributed by atoms with van der Waals surface area (Å²) in [6.45, 7) is 6.45. The minimum Gasteiger partial charge on any atom is -0.467 e. The number of furan rings is 1. The third kappa shape index (κ3) is 7.02. The van der Waals surface area contributed by atoms with E-state index in [9.17, 15) is 9.90 Å². The maximum Gasteiger partial charge on any atom is 0.409 e. The number of ether oxygens (including phenoxy) is 1. The second-order valence-corrected chi connectivity index (χ2v) is 5.86. The molecule has 2 heterocycles. The van der Waals surface area contributed by atoms with Gasteiger partial charge in [-0.1, -0.05) is 0 Å². The van der Waals surface area contributed by atoms with Crippen molar-refractivity contribution in [3.05, 3.63) is 24.2 Å². The Bertz CT molecular complexity index is 545. The molecule has 0 aromatic carbocycles. The molecule has 3 N–H and O–H groups in total. The van der Waals surface area contributed by atoms with Crippen molar-refractivity contribution in [2.45, 2.75) is 38.8 Å². The lowest BCUT2D eigenvalue weighted by Crippen LogP contribution is -2.50. The highest BCUT2D eigenvalue weighted by Gasteiger charge is 2.24. The average Bonchev–Trinajstić information content (AvgIpc) is 3.15. The van der Waals surface area contributed by atoms with E-state index in [1.807, 2.05) is 13.8 Å². The van der Waals surface area contributed by atoms with Crippen LogP contribution in [0.3, 0.4) is 0 Å². The quantitative estimate of drug-likeness (QED) is 0.328. The lowest BCUT2D eigenvalue weighted by Gasteiger charge is -2.32. The number of nitrogens with zero attached hydrogens (tertiary/aromatic N) is 2. The van der Waals surface area contributed by atoms with E-state index in [-0.39, 0.29) is 42.7 Å². The van der Waals surface area contributed by atoms with Crippen LogP contribution in [0, 0.1) is 0 Å². The standard InChI is InChI=1S/C17H28N4O4.HI/c1-3-18-16(19-12-14(22)15-6-5-11-25-15)20-13-7-9-21(10-8-13)17(23)24-4-2;/h5-6,11,13-14,22H,3-4,7-10,12H2,1-2H3,(H2,18,19,20);1H. The number of amides is 1. The first-order chi connectivity index (χ1) is 12.1. The zero-order chi connectivity index (χ0) is 18.1. The van der Waals surface area contributed by atoms with Gasteiger partial charge in [-0.05, 0) is 38.8 Å². The number of carbonyl (C=O) groups is 1. The fourth-order valence-electron chi connectivity index (χ4n) is 2.68. The molecule has 1 saturated heterocycles. The number of piperidine rings is 1. The topological polar surface area (TPSA) is 99.3 Å². The molecule has 1 aromatic heterocycles. The van der Waals surface area contributed by atoms with Crippen LogP contribution in [0.4, 0.5) is 4.79 Å². The van der Waals surface area contributed by atoms with Gasteiger partial charge in [-0.25, -0.2) is 4.79 Å². The molecule has 0 spiro atoms. The van der Waals surface area contributed by atoms with Gasteiger partial charge in [0.15, 0.2) is 5.96 Å². The number of guanidine groups is 1. The minimum atomic E-state index is -0.767. The maximum atomic E-state index is 11.7. The Morgan fingerprint density at radius 3 is 2.77 bits per heavy atom. The number of aliphatic hydroxyl groups excluding tert-OH is 1. The van der Waals surface area contributed by atoms with E-state index in [2.05, 4.69) is 15.6 Å². The van der Waals surface area contributed by atoms with E-state index in [1.54, 1.807) is 17.0 Å². The van der Waals surface area contributed by atoms with E-state index in [4.69, 9.17) is 9.15 Å². The van der Waals surface area contributed by atoms with Crippen LogP contribution in [-0.4, -0.2) is 60.9 Å². The summed E-state index contributed by atoms with van der Waals surface area (Å²) in [5.74, 6) is 1.16. The van der Waals surface area contributed by atoms with Crippen molar-refractivity contribution in [1.82, 2.24) is 15.5 Å². The van der Waals surface area contributed by atoms with Gasteiger partial charge >= 0.3 is 6.09 Å². The minimum absolute atomic E-state index is 0. The van der Waals surface area contributed by atoms with Crippen LogP contribution in [0.1, 0.15) is 38.6 Å². The van der Waals surface area contributed by atoms with Crippen LogP contribution in [0.2, 0.25) is 0 Å². The predicted octanol–water partition coefficient (Wildman–Crippen LogP) is 2.11. The number of rotatable bonds is 6. The van der Waals surface area contributed by atoms with Crippen molar-refractivity contribution in [2.75, 3.05) is 32.8 Å². The lowest BCUT2D eigenvalue weighted by atomic mass is 10.1. The molecule has 1 unspecified atom stereocenters. The molecule has 1 fully saturated rings. The van der Waals surface area contributed by atoms with Crippen LogP contribution in [-0.2, 0) is 4.74 Å². The molecule has 1 aromatic rings. The molecular weight excluding hydrogens is 451 g/mol. The van der Waals surface area contributed by atoms with Gasteiger partial charge < -0.3 is 29.8 Å². The van der Waals surface area contributed by atoms with Crippen molar-refractivity contribution < 1.29 is 19.1 Å². The summed E-state index contributed by atoms with van der Waals surface area (Å²) in [4.78, 5) is 17.9. The van der Waals surface area contributed by atoms with E-state index in [1.165, 1.54) is 6.26 Å². The van der Waals surface area contributed by atoms with E-state index < -0.39 is 6.10 Å². The number of hydrogen-bond donors (Lipinski definition) is 3. The van der Waals surface area contributed by atoms with Crippen molar-refractivity contribution in [3.8, 4) is 0 Å². The number of likely N-dealkylation sites (tertiary alicyclic amines) is 1. The normalized spacial score (nSPS) is 16.6. The van der Waals surface area contributed by atoms with Crippen LogP contribution in [0.25, 0.3) is 0 Å². The van der Waals surface area contributed by atoms with Crippen LogP contribution < -0.4 is 10.6 Å². The van der Waals surface area contributed by atoms with E-state index in [0.29, 0.717) is 31.4 Å². The molecule has 0 radical (unpaired) electrons. The SMILES string of the molecule is CCNC(=NCC(O)c1ccco1)NC1CCN(C(=O)OCC)CC1.I. The Labute approximate surface area is 171 Å². The molecular formula is C17H29IN4O4. The van der Waals surface area contributed by atoms with Crippen LogP contribution in [0.5, 0.6) is 0 Å². The number of nitrogens with one attached hydrogen (secondary N) is 2. The monoisotopic (exact) mass is 480 g/mol. The molecule has 1 aliphatic rings. The van der Waals surface area contributed by atoms with Crippen molar-refractivity contribution >= 4 is 36.0 Å². The second-order valence-electron chi connectivity index (χ2n) is 5.86. The summed E-state index contributed by atoms with van der Waals surface area (Å²) in [6, 6.07) is 3.69. The number of hydrogen-bond acceptors (Lipinski definition) is 5. The Morgan fingerprint density at radius 2 is 2.19 bits per heavy atom. The summed E-state index contributed by atoms with van der Waals surface area (Å²) in [5, 5.41) is 16.6. The highest BCUT2D eigenvalue weighted by molar-refractivity contribution is 14.0. The van der Waals surface area contributed by atoms with Crippen LogP contribution >= 0.6 is 24.0 Å². The van der Waals surface area contributed by atoms with Gasteiger partial charge in [0, 0.05) is 25.7 Å². The van der Waals surface area contributed by atoms with Gasteiger partial charge in [-0.2, -0.15) is 0 Å². The molecule has 1 aliphatic heterocycles. The first kappa shape index (κ1) is 22.6. The summed E-state index contributed by atoms with van der Waals surface area (Å²) in [6.07, 6.45) is 2.16. The van der Waals surface area contributed by atoms with Gasteiger partial charge in [0.2, 0.25) is 0 Å². The number of carbonyl (C=O) groups excluding carboxylic acids is 1. The third-order valence-corrected chi connectivity index (χ3v) is 4.00. The molecule has 8 nitrogen and oxygen atoms in total. The van der Waals surface area contributed by atoms with Crippen molar-refractivity contribution in [3.63, 3.8) is 0 Å². The molecule has 1 atom stereocenters. The highest BCUT2D eigenvalue weighted by atomic mass is 127. The fraction of sp³-hybridized carbons (Fsp3) is 0.647. The van der Waals surface area contributed by atoms with Gasteiger partial charge in [0.05, 0.1) is 19.4 Å². The van der Waals surface area contributed by atoms with Gasteiger partial charge in [0.1, 0.15) is 11.9 Å². The molecule has 9 heteroatoms. The number of aliphatic hydroxyl groups is 1. The van der Waals surface area contributed by atoms with E-state index >= 15 is 0 Å². The first-order valence-corrected chi connectivity index (χ1v) is 8.82. The zero-order valence-corrected chi connectivity index (χ0v) is 17.6. The Balaban J connectivity index is 0.00000338. The Morgan fingerprint density at radius 1 is 1.46 bits per heavy atom. The molecule has 0 bridgehead atoms. The summed E-state index contributed by atoms with van der Waals surface area (Å²) < 4.78 is 10.2. The Hall–Kier alpha value is -1.49. The van der Waals surface area contributed by atoms with Gasteiger partial charge in [0.25, 0.3) is 0 Å². The van der Waals surface area contributed by atoms with E-state index in [0.717, 1.165) is 19.4 Å². The van der Waals surface area contributed by atoms with Crippen molar-refractivity contribution in [1.29, 1.82) is 0 Å². The molecule has 148 valence electrons. The fourth-order valence-corrected chi connectivity index (χ4v) is 2.68. The molecule has 0 saturated carbocycles. The number of halogens is 1. The zero-order valence-electron chi connectivity index (χ0n) is 15.3.